The molecule has 0 bridgehead atoms. The zero-order valence-corrected chi connectivity index (χ0v) is 16.6. The molecule has 4 nitrogen and oxygen atoms in total. The first kappa shape index (κ1) is 19.5. The van der Waals surface area contributed by atoms with Crippen molar-refractivity contribution in [1.29, 1.82) is 0 Å². The first-order valence-corrected chi connectivity index (χ1v) is 10.0. The Morgan fingerprint density at radius 2 is 1.37 bits per heavy atom. The summed E-state index contributed by atoms with van der Waals surface area (Å²) in [6.45, 7) is 0.965. The van der Waals surface area contributed by atoms with E-state index in [2.05, 4.69) is 22.0 Å². The average molecular weight is 396 g/mol. The van der Waals surface area contributed by atoms with Gasteiger partial charge >= 0.3 is 6.09 Å². The molecular formula is C26H24N2O2. The lowest BCUT2D eigenvalue weighted by Crippen LogP contribution is -2.31. The molecule has 30 heavy (non-hydrogen) atoms. The van der Waals surface area contributed by atoms with Crippen molar-refractivity contribution in [2.24, 2.45) is 0 Å². The standard InChI is InChI=1S/C26H24N2O2/c29-26(30-20-22-13-6-2-7-14-22)27-25(23-15-8-3-9-16-23)24-17-10-18-28(24)19-21-11-4-1-5-12-21/h1-18,25H,19-20H2,(H,27,29). The van der Waals surface area contributed by atoms with Crippen LogP contribution in [0.2, 0.25) is 0 Å². The Morgan fingerprint density at radius 3 is 2.03 bits per heavy atom. The van der Waals surface area contributed by atoms with Crippen LogP contribution in [-0.2, 0) is 17.9 Å². The van der Waals surface area contributed by atoms with Gasteiger partial charge in [-0.3, -0.25) is 0 Å². The van der Waals surface area contributed by atoms with Crippen LogP contribution >= 0.6 is 0 Å². The molecule has 0 saturated carbocycles. The smallest absolute Gasteiger partial charge is 0.408 e. The van der Waals surface area contributed by atoms with E-state index in [1.807, 2.05) is 97.2 Å². The molecule has 1 atom stereocenters. The molecule has 150 valence electrons. The van der Waals surface area contributed by atoms with Gasteiger partial charge in [0, 0.05) is 18.4 Å². The van der Waals surface area contributed by atoms with Crippen molar-refractivity contribution in [1.82, 2.24) is 9.88 Å². The van der Waals surface area contributed by atoms with Crippen molar-refractivity contribution in [3.8, 4) is 0 Å². The second-order valence-electron chi connectivity index (χ2n) is 7.10. The Kier molecular flexibility index (Phi) is 6.25. The molecule has 1 unspecified atom stereocenters. The second-order valence-corrected chi connectivity index (χ2v) is 7.10. The van der Waals surface area contributed by atoms with E-state index >= 15 is 0 Å². The van der Waals surface area contributed by atoms with Crippen LogP contribution in [0.1, 0.15) is 28.4 Å². The molecule has 4 heteroatoms. The Labute approximate surface area is 176 Å². The third kappa shape index (κ3) is 4.97. The fraction of sp³-hybridized carbons (Fsp3) is 0.115. The zero-order chi connectivity index (χ0) is 20.6. The van der Waals surface area contributed by atoms with Crippen molar-refractivity contribution >= 4 is 6.09 Å². The van der Waals surface area contributed by atoms with E-state index in [0.717, 1.165) is 23.4 Å². The van der Waals surface area contributed by atoms with Crippen LogP contribution < -0.4 is 5.32 Å². The van der Waals surface area contributed by atoms with Crippen LogP contribution in [0, 0.1) is 0 Å². The van der Waals surface area contributed by atoms with Gasteiger partial charge in [0.2, 0.25) is 0 Å². The van der Waals surface area contributed by atoms with Crippen LogP contribution in [0.4, 0.5) is 4.79 Å². The van der Waals surface area contributed by atoms with Gasteiger partial charge in [0.25, 0.3) is 0 Å². The molecule has 1 N–H and O–H groups in total. The largest absolute Gasteiger partial charge is 0.445 e. The lowest BCUT2D eigenvalue weighted by molar-refractivity contribution is 0.137. The topological polar surface area (TPSA) is 43.3 Å². The summed E-state index contributed by atoms with van der Waals surface area (Å²) in [5.74, 6) is 0. The van der Waals surface area contributed by atoms with Gasteiger partial charge in [-0.25, -0.2) is 4.79 Å². The van der Waals surface area contributed by atoms with Crippen molar-refractivity contribution in [2.75, 3.05) is 0 Å². The number of nitrogens with one attached hydrogen (secondary N) is 1. The quantitative estimate of drug-likeness (QED) is 0.445. The summed E-state index contributed by atoms with van der Waals surface area (Å²) in [6, 6.07) is 33.6. The average Bonchev–Trinajstić information content (AvgIpc) is 3.26. The number of rotatable bonds is 7. The summed E-state index contributed by atoms with van der Waals surface area (Å²) in [6.07, 6.45) is 1.59. The van der Waals surface area contributed by atoms with E-state index in [9.17, 15) is 4.79 Å². The first-order valence-electron chi connectivity index (χ1n) is 10.0. The Balaban J connectivity index is 1.54. The SMILES string of the molecule is O=C(NC(c1ccccc1)c1cccn1Cc1ccccc1)OCc1ccccc1. The maximum Gasteiger partial charge on any atom is 0.408 e. The Hall–Kier alpha value is -3.79. The molecule has 1 aromatic heterocycles. The summed E-state index contributed by atoms with van der Waals surface area (Å²) >= 11 is 0. The molecule has 4 aromatic rings. The third-order valence-corrected chi connectivity index (χ3v) is 4.96. The molecule has 0 saturated heterocycles. The minimum absolute atomic E-state index is 0.235. The van der Waals surface area contributed by atoms with Crippen LogP contribution in [0.15, 0.2) is 109 Å². The van der Waals surface area contributed by atoms with Crippen LogP contribution in [0.5, 0.6) is 0 Å². The van der Waals surface area contributed by atoms with Crippen LogP contribution in [0.25, 0.3) is 0 Å². The number of alkyl carbamates (subject to hydrolysis) is 1. The number of aromatic nitrogens is 1. The van der Waals surface area contributed by atoms with Gasteiger partial charge < -0.3 is 14.6 Å². The first-order chi connectivity index (χ1) is 14.8. The molecule has 3 aromatic carbocycles. The number of nitrogens with zero attached hydrogens (tertiary/aromatic N) is 1. The van der Waals surface area contributed by atoms with Crippen molar-refractivity contribution < 1.29 is 9.53 Å². The van der Waals surface area contributed by atoms with Crippen molar-refractivity contribution in [3.05, 3.63) is 132 Å². The fourth-order valence-corrected chi connectivity index (χ4v) is 3.47. The molecule has 0 aliphatic carbocycles. The molecule has 4 rings (SSSR count). The van der Waals surface area contributed by atoms with Gasteiger partial charge in [0.15, 0.2) is 0 Å². The maximum absolute atomic E-state index is 12.6. The summed E-state index contributed by atoms with van der Waals surface area (Å²) in [4.78, 5) is 12.6. The number of benzene rings is 3. The molecule has 1 amide bonds. The van der Waals surface area contributed by atoms with Gasteiger partial charge in [-0.1, -0.05) is 91.0 Å². The lowest BCUT2D eigenvalue weighted by Gasteiger charge is -2.21. The van der Waals surface area contributed by atoms with Crippen molar-refractivity contribution in [3.63, 3.8) is 0 Å². The summed E-state index contributed by atoms with van der Waals surface area (Å²) in [5, 5.41) is 3.05. The fourth-order valence-electron chi connectivity index (χ4n) is 3.47. The van der Waals surface area contributed by atoms with Gasteiger partial charge in [-0.2, -0.15) is 0 Å². The van der Waals surface area contributed by atoms with E-state index < -0.39 is 6.09 Å². The van der Waals surface area contributed by atoms with E-state index in [1.54, 1.807) is 0 Å². The van der Waals surface area contributed by atoms with Crippen LogP contribution in [0.3, 0.4) is 0 Å². The summed E-state index contributed by atoms with van der Waals surface area (Å²) in [5.41, 5.74) is 4.16. The highest BCUT2D eigenvalue weighted by atomic mass is 16.5. The molecular weight excluding hydrogens is 372 g/mol. The molecule has 0 aliphatic heterocycles. The second kappa shape index (κ2) is 9.61. The lowest BCUT2D eigenvalue weighted by atomic mass is 10.0. The van der Waals surface area contributed by atoms with Gasteiger partial charge in [-0.15, -0.1) is 0 Å². The highest BCUT2D eigenvalue weighted by Gasteiger charge is 2.20. The maximum atomic E-state index is 12.6. The number of amides is 1. The van der Waals surface area contributed by atoms with Gasteiger partial charge in [0.1, 0.15) is 6.61 Å². The summed E-state index contributed by atoms with van der Waals surface area (Å²) in [7, 11) is 0. The molecule has 0 fully saturated rings. The summed E-state index contributed by atoms with van der Waals surface area (Å²) < 4.78 is 7.63. The van der Waals surface area contributed by atoms with E-state index in [4.69, 9.17) is 4.74 Å². The van der Waals surface area contributed by atoms with Gasteiger partial charge in [-0.05, 0) is 28.8 Å². The Bertz CT molecular complexity index is 1060. The molecule has 0 spiro atoms. The number of hydrogen-bond acceptors (Lipinski definition) is 2. The zero-order valence-electron chi connectivity index (χ0n) is 16.6. The third-order valence-electron chi connectivity index (χ3n) is 4.96. The highest BCUT2D eigenvalue weighted by Crippen LogP contribution is 2.24. The minimum Gasteiger partial charge on any atom is -0.445 e. The predicted molar refractivity (Wildman–Crippen MR) is 118 cm³/mol. The number of ether oxygens (including phenoxy) is 1. The van der Waals surface area contributed by atoms with Crippen LogP contribution in [-0.4, -0.2) is 10.7 Å². The Morgan fingerprint density at radius 1 is 0.767 bits per heavy atom. The van der Waals surface area contributed by atoms with Crippen molar-refractivity contribution in [2.45, 2.75) is 19.2 Å². The number of carbonyl (C=O) groups is 1. The number of carbonyl (C=O) groups excluding carboxylic acids is 1. The highest BCUT2D eigenvalue weighted by molar-refractivity contribution is 5.68. The van der Waals surface area contributed by atoms with E-state index in [1.165, 1.54) is 5.56 Å². The minimum atomic E-state index is -0.444. The molecule has 0 aliphatic rings. The monoisotopic (exact) mass is 396 g/mol. The van der Waals surface area contributed by atoms with Gasteiger partial charge in [0.05, 0.1) is 6.04 Å². The van der Waals surface area contributed by atoms with E-state index in [-0.39, 0.29) is 12.6 Å². The normalized spacial score (nSPS) is 11.6. The van der Waals surface area contributed by atoms with E-state index in [0.29, 0.717) is 0 Å². The molecule has 0 radical (unpaired) electrons. The predicted octanol–water partition coefficient (Wildman–Crippen LogP) is 5.55. The number of hydrogen-bond donors (Lipinski definition) is 1. The molecule has 1 heterocycles.